The van der Waals surface area contributed by atoms with Gasteiger partial charge >= 0.3 is 18.1 Å². The van der Waals surface area contributed by atoms with Gasteiger partial charge in [0.15, 0.2) is 12.0 Å². The lowest BCUT2D eigenvalue weighted by Gasteiger charge is -2.30. The molecule has 1 aromatic rings. The first kappa shape index (κ1) is 27.2. The quantitative estimate of drug-likeness (QED) is 0.487. The highest BCUT2D eigenvalue weighted by atomic mass is 19.4. The van der Waals surface area contributed by atoms with Crippen LogP contribution in [-0.4, -0.2) is 71.7 Å². The Balaban J connectivity index is 2.03. The average molecular weight is 519 g/mol. The molecular weight excluding hydrogens is 491 g/mol. The lowest BCUT2D eigenvalue weighted by Crippen LogP contribution is -2.47. The van der Waals surface area contributed by atoms with Gasteiger partial charge in [0.1, 0.15) is 17.9 Å². The Morgan fingerprint density at radius 2 is 1.94 bits per heavy atom. The van der Waals surface area contributed by atoms with Gasteiger partial charge < -0.3 is 24.0 Å². The third-order valence-electron chi connectivity index (χ3n) is 5.54. The van der Waals surface area contributed by atoms with Gasteiger partial charge in [0.2, 0.25) is 18.0 Å². The standard InChI is InChI=1S/C21H28F3N5O7/c1-5-6-7-28-9-29(17-15(28)18(33)27-20(26-17)25-10(2)30)19-14(34-11(3)31)8-13(36-19)16(21(22,23)24)35-12(4)32/h13-14,16,19H,5-9H2,1-4H3,(H2,25,26,27,30,33)/t13-,14+,16+,19+/m0/s1. The number of carbonyl (C=O) groups is 3. The van der Waals surface area contributed by atoms with Crippen molar-refractivity contribution in [3.8, 4) is 0 Å². The van der Waals surface area contributed by atoms with Gasteiger partial charge in [-0.3, -0.25) is 29.5 Å². The molecule has 36 heavy (non-hydrogen) atoms. The zero-order valence-corrected chi connectivity index (χ0v) is 20.2. The Bertz CT molecular complexity index is 1060. The predicted molar refractivity (Wildman–Crippen MR) is 119 cm³/mol. The molecule has 1 amide bonds. The van der Waals surface area contributed by atoms with E-state index in [2.05, 4.69) is 20.0 Å². The summed E-state index contributed by atoms with van der Waals surface area (Å²) >= 11 is 0. The number of rotatable bonds is 8. The predicted octanol–water partition coefficient (Wildman–Crippen LogP) is 1.65. The van der Waals surface area contributed by atoms with Crippen LogP contribution in [0.1, 0.15) is 47.0 Å². The van der Waals surface area contributed by atoms with Crippen LogP contribution in [0.15, 0.2) is 4.79 Å². The highest BCUT2D eigenvalue weighted by Crippen LogP contribution is 2.41. The summed E-state index contributed by atoms with van der Waals surface area (Å²) in [6.45, 7) is 5.53. The van der Waals surface area contributed by atoms with Gasteiger partial charge in [-0.2, -0.15) is 18.2 Å². The second-order valence-corrected chi connectivity index (χ2v) is 8.52. The maximum absolute atomic E-state index is 13.7. The molecule has 0 spiro atoms. The molecule has 0 saturated carbocycles. The molecule has 2 aliphatic heterocycles. The maximum Gasteiger partial charge on any atom is 0.428 e. The SMILES string of the molecule is CCCCN1CN([C@@H]2O[C@H]([C@@H](OC(C)=O)C(F)(F)F)C[C@H]2OC(C)=O)c2nc(NC(C)=O)[nH]c(=O)c21. The molecule has 1 saturated heterocycles. The number of nitrogens with one attached hydrogen (secondary N) is 2. The number of unbranched alkanes of at least 4 members (excludes halogenated alkanes) is 1. The molecule has 1 aromatic heterocycles. The number of alkyl halides is 3. The molecule has 15 heteroatoms. The van der Waals surface area contributed by atoms with Crippen molar-refractivity contribution >= 4 is 35.3 Å². The fourth-order valence-electron chi connectivity index (χ4n) is 4.21. The average Bonchev–Trinajstić information content (AvgIpc) is 3.29. The summed E-state index contributed by atoms with van der Waals surface area (Å²) in [5.41, 5.74) is -0.437. The molecule has 4 atom stereocenters. The van der Waals surface area contributed by atoms with E-state index in [9.17, 15) is 32.3 Å². The number of aromatic nitrogens is 2. The minimum absolute atomic E-state index is 0.00562. The molecule has 2 aliphatic rings. The van der Waals surface area contributed by atoms with Crippen LogP contribution in [0.4, 0.5) is 30.6 Å². The minimum Gasteiger partial charge on any atom is -0.458 e. The van der Waals surface area contributed by atoms with Gasteiger partial charge in [0, 0.05) is 33.7 Å². The van der Waals surface area contributed by atoms with Crippen molar-refractivity contribution in [1.29, 1.82) is 0 Å². The van der Waals surface area contributed by atoms with Gasteiger partial charge in [-0.15, -0.1) is 0 Å². The number of esters is 2. The lowest BCUT2D eigenvalue weighted by atomic mass is 10.1. The molecule has 3 rings (SSSR count). The summed E-state index contributed by atoms with van der Waals surface area (Å²) in [5, 5.41) is 2.37. The van der Waals surface area contributed by atoms with E-state index >= 15 is 0 Å². The lowest BCUT2D eigenvalue weighted by molar-refractivity contribution is -0.245. The number of ether oxygens (including phenoxy) is 3. The molecule has 0 bridgehead atoms. The normalized spacial score (nSPS) is 22.2. The molecule has 2 N–H and O–H groups in total. The Kier molecular flexibility index (Phi) is 8.11. The first-order valence-corrected chi connectivity index (χ1v) is 11.3. The largest absolute Gasteiger partial charge is 0.458 e. The molecule has 200 valence electrons. The number of nitrogens with zero attached hydrogens (tertiary/aromatic N) is 3. The van der Waals surface area contributed by atoms with Gasteiger partial charge in [-0.05, 0) is 6.42 Å². The molecule has 0 aliphatic carbocycles. The van der Waals surface area contributed by atoms with Crippen molar-refractivity contribution in [2.45, 2.75) is 77.7 Å². The Labute approximate surface area is 204 Å². The summed E-state index contributed by atoms with van der Waals surface area (Å²) in [7, 11) is 0. The van der Waals surface area contributed by atoms with E-state index in [-0.39, 0.29) is 24.1 Å². The summed E-state index contributed by atoms with van der Waals surface area (Å²) in [5.74, 6) is -2.54. The number of fused-ring (bicyclic) bond motifs is 1. The maximum atomic E-state index is 13.7. The fourth-order valence-corrected chi connectivity index (χ4v) is 4.21. The second kappa shape index (κ2) is 10.7. The zero-order valence-electron chi connectivity index (χ0n) is 20.2. The number of hydrogen-bond donors (Lipinski definition) is 2. The van der Waals surface area contributed by atoms with Crippen molar-refractivity contribution in [3.63, 3.8) is 0 Å². The van der Waals surface area contributed by atoms with Crippen LogP contribution in [0.2, 0.25) is 0 Å². The third-order valence-corrected chi connectivity index (χ3v) is 5.54. The Morgan fingerprint density at radius 3 is 2.50 bits per heavy atom. The number of aromatic amines is 1. The van der Waals surface area contributed by atoms with Crippen LogP contribution in [0, 0.1) is 0 Å². The van der Waals surface area contributed by atoms with Crippen molar-refractivity contribution < 1.29 is 41.8 Å². The third kappa shape index (κ3) is 6.06. The van der Waals surface area contributed by atoms with Crippen LogP contribution >= 0.6 is 0 Å². The molecule has 1 fully saturated rings. The molecule has 0 radical (unpaired) electrons. The van der Waals surface area contributed by atoms with Gasteiger partial charge in [-0.1, -0.05) is 13.3 Å². The van der Waals surface area contributed by atoms with E-state index in [0.717, 1.165) is 20.3 Å². The van der Waals surface area contributed by atoms with E-state index < -0.39 is 60.5 Å². The molecule has 0 unspecified atom stereocenters. The highest BCUT2D eigenvalue weighted by molar-refractivity contribution is 5.87. The fraction of sp³-hybridized carbons (Fsp3) is 0.667. The van der Waals surface area contributed by atoms with E-state index in [1.807, 2.05) is 6.92 Å². The van der Waals surface area contributed by atoms with E-state index in [4.69, 9.17) is 9.47 Å². The van der Waals surface area contributed by atoms with Crippen LogP contribution < -0.4 is 20.7 Å². The van der Waals surface area contributed by atoms with Crippen molar-refractivity contribution in [2.75, 3.05) is 28.3 Å². The molecule has 12 nitrogen and oxygen atoms in total. The van der Waals surface area contributed by atoms with Crippen LogP contribution in [0.3, 0.4) is 0 Å². The van der Waals surface area contributed by atoms with Crippen molar-refractivity contribution in [2.24, 2.45) is 0 Å². The number of amides is 1. The number of H-pyrrole nitrogens is 1. The topological polar surface area (TPSA) is 143 Å². The van der Waals surface area contributed by atoms with E-state index in [1.165, 1.54) is 11.8 Å². The molecule has 3 heterocycles. The molecule has 0 aromatic carbocycles. The minimum atomic E-state index is -4.95. The monoisotopic (exact) mass is 519 g/mol. The van der Waals surface area contributed by atoms with Crippen molar-refractivity contribution in [3.05, 3.63) is 10.4 Å². The van der Waals surface area contributed by atoms with Crippen molar-refractivity contribution in [1.82, 2.24) is 9.97 Å². The number of hydrogen-bond acceptors (Lipinski definition) is 10. The van der Waals surface area contributed by atoms with E-state index in [1.54, 1.807) is 4.90 Å². The summed E-state index contributed by atoms with van der Waals surface area (Å²) < 4.78 is 56.6. The zero-order chi connectivity index (χ0) is 26.8. The summed E-state index contributed by atoms with van der Waals surface area (Å²) in [6.07, 6.45) is -10.6. The van der Waals surface area contributed by atoms with Crippen LogP contribution in [0.25, 0.3) is 0 Å². The first-order chi connectivity index (χ1) is 16.8. The first-order valence-electron chi connectivity index (χ1n) is 11.3. The van der Waals surface area contributed by atoms with Gasteiger partial charge in [0.25, 0.3) is 5.56 Å². The van der Waals surface area contributed by atoms with Crippen LogP contribution in [-0.2, 0) is 28.6 Å². The van der Waals surface area contributed by atoms with Gasteiger partial charge in [-0.25, -0.2) is 0 Å². The smallest absolute Gasteiger partial charge is 0.428 e. The highest BCUT2D eigenvalue weighted by Gasteiger charge is 2.55. The van der Waals surface area contributed by atoms with E-state index in [0.29, 0.717) is 13.0 Å². The molecular formula is C21H28F3N5O7. The Hall–Kier alpha value is -3.36. The van der Waals surface area contributed by atoms with Crippen LogP contribution in [0.5, 0.6) is 0 Å². The Morgan fingerprint density at radius 1 is 1.25 bits per heavy atom. The summed E-state index contributed by atoms with van der Waals surface area (Å²) in [4.78, 5) is 57.4. The number of carbonyl (C=O) groups excluding carboxylic acids is 3. The number of anilines is 3. The summed E-state index contributed by atoms with van der Waals surface area (Å²) in [6, 6.07) is 0. The van der Waals surface area contributed by atoms with Gasteiger partial charge in [0.05, 0.1) is 6.67 Å². The second-order valence-electron chi connectivity index (χ2n) is 8.52. The number of halogens is 3.